The molecule has 63 heavy (non-hydrogen) atoms. The topological polar surface area (TPSA) is 186 Å². The maximum Gasteiger partial charge on any atom is 0.329 e. The highest BCUT2D eigenvalue weighted by atomic mass is 32.2. The predicted octanol–water partition coefficient (Wildman–Crippen LogP) is 4.78. The van der Waals surface area contributed by atoms with E-state index in [9.17, 15) is 27.9 Å². The van der Waals surface area contributed by atoms with Crippen molar-refractivity contribution < 1.29 is 36.7 Å². The number of halogens is 2. The molecular formula is C44H52F2N10O6S. The Hall–Kier alpha value is -5.11. The molecule has 4 amide bonds. The van der Waals surface area contributed by atoms with E-state index in [2.05, 4.69) is 31.7 Å². The molecule has 0 unspecified atom stereocenters. The van der Waals surface area contributed by atoms with Gasteiger partial charge in [0.25, 0.3) is 0 Å². The van der Waals surface area contributed by atoms with Crippen molar-refractivity contribution >= 4 is 56.4 Å². The number of carbonyl (C=O) groups is 3. The molecule has 2 saturated carbocycles. The predicted molar refractivity (Wildman–Crippen MR) is 229 cm³/mol. The molecule has 19 heteroatoms. The fourth-order valence-electron chi connectivity index (χ4n) is 10.6. The number of hydrogen-bond acceptors (Lipinski definition) is 11. The first-order chi connectivity index (χ1) is 30.2. The average Bonchev–Trinajstić information content (AvgIpc) is 3.96. The molecule has 5 fully saturated rings. The molecule has 334 valence electrons. The molecule has 3 saturated heterocycles. The van der Waals surface area contributed by atoms with Gasteiger partial charge >= 0.3 is 6.03 Å². The molecule has 2 aromatic carbocycles. The number of likely N-dealkylation sites (tertiary alicyclic amines) is 1. The molecular weight excluding hydrogens is 835 g/mol. The molecule has 2 aromatic heterocycles. The van der Waals surface area contributed by atoms with Crippen molar-refractivity contribution in [1.82, 2.24) is 34.3 Å². The molecule has 0 radical (unpaired) electrons. The van der Waals surface area contributed by atoms with Gasteiger partial charge in [0.05, 0.1) is 28.0 Å². The van der Waals surface area contributed by atoms with Crippen LogP contribution in [0.1, 0.15) is 99.8 Å². The number of sulfonamides is 1. The van der Waals surface area contributed by atoms with E-state index in [1.807, 2.05) is 26.1 Å². The van der Waals surface area contributed by atoms with E-state index in [0.29, 0.717) is 37.6 Å². The minimum atomic E-state index is -4.18. The summed E-state index contributed by atoms with van der Waals surface area (Å²) in [6.07, 6.45) is 5.67. The summed E-state index contributed by atoms with van der Waals surface area (Å²) in [5, 5.41) is 21.2. The molecule has 0 bridgehead atoms. The van der Waals surface area contributed by atoms with Gasteiger partial charge in [-0.25, -0.2) is 27.0 Å². The number of nitrogens with one attached hydrogen (secondary N) is 2. The number of fused-ring (bicyclic) bond motifs is 3. The zero-order chi connectivity index (χ0) is 43.9. The van der Waals surface area contributed by atoms with Crippen molar-refractivity contribution in [3.8, 4) is 0 Å². The van der Waals surface area contributed by atoms with E-state index in [1.54, 1.807) is 15.8 Å². The van der Waals surface area contributed by atoms with Crippen molar-refractivity contribution in [3.63, 3.8) is 0 Å². The first kappa shape index (κ1) is 41.9. The molecule has 4 aromatic rings. The molecule has 6 aliphatic rings. The fraction of sp³-hybridized carbons (Fsp3) is 0.545. The van der Waals surface area contributed by atoms with Crippen LogP contribution in [-0.4, -0.2) is 117 Å². The van der Waals surface area contributed by atoms with Crippen molar-refractivity contribution in [2.45, 2.75) is 118 Å². The number of hydrogen-bond donors (Lipinski definition) is 3. The summed E-state index contributed by atoms with van der Waals surface area (Å²) in [6.45, 7) is 3.04. The lowest BCUT2D eigenvalue weighted by Crippen LogP contribution is -2.50. The summed E-state index contributed by atoms with van der Waals surface area (Å²) in [5.74, 6) is 0.571. The van der Waals surface area contributed by atoms with Crippen LogP contribution in [-0.2, 0) is 32.1 Å². The largest absolute Gasteiger partial charge is 0.393 e. The van der Waals surface area contributed by atoms with Gasteiger partial charge in [0.2, 0.25) is 27.8 Å². The molecule has 10 rings (SSSR count). The van der Waals surface area contributed by atoms with E-state index >= 15 is 8.78 Å². The number of aromatic nitrogens is 4. The number of aliphatic hydroxyl groups is 1. The second kappa shape index (κ2) is 15.8. The highest BCUT2D eigenvalue weighted by molar-refractivity contribution is 7.89. The minimum Gasteiger partial charge on any atom is -0.393 e. The SMILES string of the molecule is C[C@H](c1cc(S(=O)(=O)N2CC[C@H](Nc3ncc4c(n3)N([C@@H]3CCC[C@@H](O)C3)C(=O)C43CC3)[C@H](F)C2)ccc1F)N1CCC(c2ccc3c(N4CCC(=O)NC4=O)nn(C)c3c2)CC1. The van der Waals surface area contributed by atoms with Gasteiger partial charge < -0.3 is 10.4 Å². The lowest BCUT2D eigenvalue weighted by Gasteiger charge is -2.37. The second-order valence-corrected chi connectivity index (χ2v) is 20.2. The van der Waals surface area contributed by atoms with Gasteiger partial charge in [0.15, 0.2) is 5.82 Å². The van der Waals surface area contributed by atoms with Gasteiger partial charge in [0.1, 0.15) is 17.8 Å². The first-order valence-electron chi connectivity index (χ1n) is 22.1. The Balaban J connectivity index is 0.780. The van der Waals surface area contributed by atoms with Crippen LogP contribution in [0.15, 0.2) is 47.5 Å². The Morgan fingerprint density at radius 2 is 1.78 bits per heavy atom. The van der Waals surface area contributed by atoms with Crippen LogP contribution in [0, 0.1) is 5.82 Å². The lowest BCUT2D eigenvalue weighted by atomic mass is 9.88. The van der Waals surface area contributed by atoms with E-state index in [1.165, 1.54) is 23.1 Å². The number of urea groups is 1. The van der Waals surface area contributed by atoms with Gasteiger partial charge in [0, 0.05) is 67.9 Å². The number of carbonyl (C=O) groups excluding carboxylic acids is 3. The van der Waals surface area contributed by atoms with Crippen molar-refractivity contribution in [3.05, 3.63) is 65.1 Å². The summed E-state index contributed by atoms with van der Waals surface area (Å²) >= 11 is 0. The number of aryl methyl sites for hydroxylation is 1. The maximum absolute atomic E-state index is 16.0. The van der Waals surface area contributed by atoms with Crippen molar-refractivity contribution in [1.29, 1.82) is 0 Å². The van der Waals surface area contributed by atoms with Crippen molar-refractivity contribution in [2.24, 2.45) is 7.05 Å². The number of amides is 4. The number of benzene rings is 2. The highest BCUT2D eigenvalue weighted by Crippen LogP contribution is 2.57. The number of alkyl halides is 1. The van der Waals surface area contributed by atoms with E-state index in [-0.39, 0.29) is 66.1 Å². The smallest absolute Gasteiger partial charge is 0.329 e. The highest BCUT2D eigenvalue weighted by Gasteiger charge is 2.61. The fourth-order valence-corrected chi connectivity index (χ4v) is 12.1. The van der Waals surface area contributed by atoms with Crippen molar-refractivity contribution in [2.75, 3.05) is 47.8 Å². The van der Waals surface area contributed by atoms with Crippen LogP contribution in [0.3, 0.4) is 0 Å². The summed E-state index contributed by atoms with van der Waals surface area (Å²) in [6, 6.07) is 8.03. The summed E-state index contributed by atoms with van der Waals surface area (Å²) < 4.78 is 62.4. The molecule has 6 heterocycles. The third-order valence-electron chi connectivity index (χ3n) is 14.5. The van der Waals surface area contributed by atoms with E-state index < -0.39 is 58.2 Å². The summed E-state index contributed by atoms with van der Waals surface area (Å²) in [4.78, 5) is 52.4. The Bertz CT molecular complexity index is 2620. The Labute approximate surface area is 364 Å². The number of aliphatic hydroxyl groups excluding tert-OH is 1. The standard InChI is InChI=1S/C44H52F2N10O6S/c1-25(53-16-10-26(11-17-53)27-6-8-31-37(20-27)52(2)51-39(31)55-19-13-38(58)49-43(55)60)32-22-30(7-9-34(32)45)63(61,62)54-18-12-36(35(46)24-54)48-42-47-23-33-40(50-42)56(41(59)44(33)14-15-44)28-4-3-5-29(57)21-28/h6-9,20,22-23,25-26,28-29,35-36,57H,3-5,10-19,21,24H2,1-2H3,(H,47,48,50)(H,49,58,60)/t25-,28-,29-,35-,36+/m1/s1. The quantitative estimate of drug-likeness (QED) is 0.210. The van der Waals surface area contributed by atoms with Crippen LogP contribution < -0.4 is 20.4 Å². The van der Waals surface area contributed by atoms with Gasteiger partial charge in [-0.2, -0.15) is 14.4 Å². The summed E-state index contributed by atoms with van der Waals surface area (Å²) in [7, 11) is -2.36. The number of piperidine rings is 2. The zero-order valence-corrected chi connectivity index (χ0v) is 36.2. The van der Waals surface area contributed by atoms with Gasteiger partial charge in [-0.15, -0.1) is 0 Å². The van der Waals surface area contributed by atoms with Crippen LogP contribution in [0.4, 0.5) is 31.2 Å². The molecule has 1 spiro atoms. The molecule has 2 aliphatic carbocycles. The Kier molecular flexibility index (Phi) is 10.5. The summed E-state index contributed by atoms with van der Waals surface area (Å²) in [5.41, 5.74) is 2.41. The normalized spacial score (nSPS) is 26.3. The van der Waals surface area contributed by atoms with Crippen LogP contribution >= 0.6 is 0 Å². The van der Waals surface area contributed by atoms with Gasteiger partial charge in [-0.3, -0.25) is 34.3 Å². The molecule has 4 aliphatic heterocycles. The lowest BCUT2D eigenvalue weighted by molar-refractivity contribution is -0.121. The number of nitrogens with zero attached hydrogens (tertiary/aromatic N) is 8. The third-order valence-corrected chi connectivity index (χ3v) is 16.3. The first-order valence-corrected chi connectivity index (χ1v) is 23.6. The van der Waals surface area contributed by atoms with E-state index in [4.69, 9.17) is 4.98 Å². The monoisotopic (exact) mass is 886 g/mol. The maximum atomic E-state index is 16.0. The molecule has 16 nitrogen and oxygen atoms in total. The zero-order valence-electron chi connectivity index (χ0n) is 35.3. The van der Waals surface area contributed by atoms with E-state index in [0.717, 1.165) is 64.9 Å². The van der Waals surface area contributed by atoms with Crippen LogP contribution in [0.5, 0.6) is 0 Å². The van der Waals surface area contributed by atoms with Gasteiger partial charge in [-0.1, -0.05) is 6.07 Å². The average molecular weight is 887 g/mol. The van der Waals surface area contributed by atoms with Gasteiger partial charge in [-0.05, 0) is 120 Å². The number of anilines is 3. The third kappa shape index (κ3) is 7.33. The van der Waals surface area contributed by atoms with Crippen LogP contribution in [0.25, 0.3) is 10.9 Å². The Morgan fingerprint density at radius 1 is 0.984 bits per heavy atom. The second-order valence-electron chi connectivity index (χ2n) is 18.2. The van der Waals surface area contributed by atoms with Crippen LogP contribution in [0.2, 0.25) is 0 Å². The molecule has 5 atom stereocenters. The molecule has 3 N–H and O–H groups in total. The number of rotatable bonds is 9. The number of imide groups is 1. The Morgan fingerprint density at radius 3 is 2.51 bits per heavy atom. The minimum absolute atomic E-state index is 0.00697.